The van der Waals surface area contributed by atoms with E-state index >= 15 is 0 Å². The lowest BCUT2D eigenvalue weighted by molar-refractivity contribution is -0.656. The van der Waals surface area contributed by atoms with E-state index in [4.69, 9.17) is 0 Å². The Hall–Kier alpha value is -0.0500. The first kappa shape index (κ1) is 8.05. The SMILES string of the molecule is CC(C)[I+]c1ccccc1. The molecule has 0 N–H and O–H groups in total. The molecule has 0 unspecified atom stereocenters. The molecule has 0 radical (unpaired) electrons. The third-order valence-corrected chi connectivity index (χ3v) is 3.76. The maximum Gasteiger partial charge on any atom is 0.315 e. The van der Waals surface area contributed by atoms with Crippen LogP contribution in [0.25, 0.3) is 0 Å². The summed E-state index contributed by atoms with van der Waals surface area (Å²) >= 11 is 0.267. The summed E-state index contributed by atoms with van der Waals surface area (Å²) in [5, 5.41) is 0. The van der Waals surface area contributed by atoms with E-state index in [0.29, 0.717) is 0 Å². The summed E-state index contributed by atoms with van der Waals surface area (Å²) in [7, 11) is 0. The van der Waals surface area contributed by atoms with Crippen LogP contribution in [-0.2, 0) is 0 Å². The lowest BCUT2D eigenvalue weighted by Crippen LogP contribution is -3.64. The van der Waals surface area contributed by atoms with E-state index in [-0.39, 0.29) is 21.2 Å². The molecule has 0 heterocycles. The van der Waals surface area contributed by atoms with Crippen LogP contribution in [0.1, 0.15) is 13.8 Å². The van der Waals surface area contributed by atoms with Crippen molar-refractivity contribution in [2.24, 2.45) is 0 Å². The fraction of sp³-hybridized carbons (Fsp3) is 0.333. The highest BCUT2D eigenvalue weighted by Crippen LogP contribution is 1.82. The minimum atomic E-state index is 0.267. The summed E-state index contributed by atoms with van der Waals surface area (Å²) in [6.07, 6.45) is 0. The van der Waals surface area contributed by atoms with Crippen molar-refractivity contribution in [3.8, 4) is 0 Å². The van der Waals surface area contributed by atoms with Crippen molar-refractivity contribution in [3.05, 3.63) is 33.9 Å². The van der Waals surface area contributed by atoms with Crippen molar-refractivity contribution in [1.29, 1.82) is 0 Å². The molecular weight excluding hydrogens is 235 g/mol. The molecule has 0 saturated carbocycles. The molecule has 1 rings (SSSR count). The minimum absolute atomic E-state index is 0.267. The quantitative estimate of drug-likeness (QED) is 0.481. The molecule has 0 saturated heterocycles. The van der Waals surface area contributed by atoms with E-state index in [1.807, 2.05) is 0 Å². The van der Waals surface area contributed by atoms with Crippen LogP contribution in [0.2, 0.25) is 0 Å². The largest absolute Gasteiger partial charge is 0.315 e. The van der Waals surface area contributed by atoms with Gasteiger partial charge >= 0.3 is 21.2 Å². The van der Waals surface area contributed by atoms with E-state index in [1.165, 1.54) is 0 Å². The summed E-state index contributed by atoms with van der Waals surface area (Å²) in [4.78, 5) is 0. The molecule has 0 aliphatic carbocycles. The first-order chi connectivity index (χ1) is 4.79. The average Bonchev–Trinajstić information content (AvgIpc) is 1.88. The molecule has 0 aliphatic rings. The predicted molar refractivity (Wildman–Crippen MR) is 40.3 cm³/mol. The van der Waals surface area contributed by atoms with Gasteiger partial charge in [-0.2, -0.15) is 0 Å². The van der Waals surface area contributed by atoms with Gasteiger partial charge < -0.3 is 0 Å². The fourth-order valence-electron chi connectivity index (χ4n) is 0.739. The van der Waals surface area contributed by atoms with Gasteiger partial charge in [0.15, 0.2) is 7.49 Å². The van der Waals surface area contributed by atoms with Gasteiger partial charge in [0.05, 0.1) is 0 Å². The van der Waals surface area contributed by atoms with E-state index in [1.54, 1.807) is 3.57 Å². The molecule has 10 heavy (non-hydrogen) atoms. The summed E-state index contributed by atoms with van der Waals surface area (Å²) in [6, 6.07) is 10.8. The van der Waals surface area contributed by atoms with Crippen LogP contribution in [0.4, 0.5) is 0 Å². The highest BCUT2D eigenvalue weighted by molar-refractivity contribution is 4.98. The van der Waals surface area contributed by atoms with Crippen molar-refractivity contribution < 1.29 is 21.2 Å². The maximum absolute atomic E-state index is 2.29. The second-order valence-electron chi connectivity index (χ2n) is 2.42. The van der Waals surface area contributed by atoms with Gasteiger partial charge in [0, 0.05) is 0 Å². The molecule has 1 aromatic carbocycles. The number of rotatable bonds is 2. The molecule has 0 aromatic heterocycles. The van der Waals surface area contributed by atoms with Crippen molar-refractivity contribution in [2.75, 3.05) is 0 Å². The number of hydrogen-bond donors (Lipinski definition) is 0. The van der Waals surface area contributed by atoms with E-state index in [2.05, 4.69) is 44.2 Å². The Kier molecular flexibility index (Phi) is 3.19. The average molecular weight is 247 g/mol. The van der Waals surface area contributed by atoms with Crippen molar-refractivity contribution in [1.82, 2.24) is 0 Å². The lowest BCUT2D eigenvalue weighted by atomic mass is 10.4. The van der Waals surface area contributed by atoms with Gasteiger partial charge in [0.1, 0.15) is 0 Å². The molecule has 0 fully saturated rings. The predicted octanol–water partition coefficient (Wildman–Crippen LogP) is -0.646. The van der Waals surface area contributed by atoms with Gasteiger partial charge in [-0.15, -0.1) is 0 Å². The van der Waals surface area contributed by atoms with Gasteiger partial charge in [-0.25, -0.2) is 0 Å². The highest BCUT2D eigenvalue weighted by Gasteiger charge is 2.13. The third kappa shape index (κ3) is 2.69. The summed E-state index contributed by atoms with van der Waals surface area (Å²) in [5.41, 5.74) is 0. The molecule has 1 aromatic rings. The zero-order valence-electron chi connectivity index (χ0n) is 6.34. The van der Waals surface area contributed by atoms with E-state index < -0.39 is 0 Å². The topological polar surface area (TPSA) is 0 Å². The Balaban J connectivity index is 2.59. The number of alkyl halides is 1. The van der Waals surface area contributed by atoms with Crippen molar-refractivity contribution in [3.63, 3.8) is 0 Å². The minimum Gasteiger partial charge on any atom is -0.0619 e. The Morgan fingerprint density at radius 3 is 2.20 bits per heavy atom. The molecule has 0 nitrogen and oxygen atoms in total. The van der Waals surface area contributed by atoms with Gasteiger partial charge in [-0.05, 0) is 26.0 Å². The van der Waals surface area contributed by atoms with E-state index in [0.717, 1.165) is 3.92 Å². The summed E-state index contributed by atoms with van der Waals surface area (Å²) < 4.78 is 2.43. The molecule has 0 aliphatic heterocycles. The second kappa shape index (κ2) is 3.96. The molecule has 0 bridgehead atoms. The number of halogens is 1. The van der Waals surface area contributed by atoms with Crippen LogP contribution in [0.5, 0.6) is 0 Å². The molecule has 1 heteroatoms. The van der Waals surface area contributed by atoms with Gasteiger partial charge in [0.25, 0.3) is 0 Å². The van der Waals surface area contributed by atoms with Crippen LogP contribution in [0.15, 0.2) is 30.3 Å². The van der Waals surface area contributed by atoms with Gasteiger partial charge in [-0.3, -0.25) is 0 Å². The normalized spacial score (nSPS) is 10.3. The van der Waals surface area contributed by atoms with Crippen LogP contribution >= 0.6 is 0 Å². The monoisotopic (exact) mass is 247 g/mol. The van der Waals surface area contributed by atoms with Crippen LogP contribution in [0, 0.1) is 3.57 Å². The molecule has 0 spiro atoms. The molecule has 54 valence electrons. The van der Waals surface area contributed by atoms with Crippen LogP contribution in [-0.4, -0.2) is 3.92 Å². The Morgan fingerprint density at radius 1 is 1.10 bits per heavy atom. The Morgan fingerprint density at radius 2 is 1.70 bits per heavy atom. The third-order valence-electron chi connectivity index (χ3n) is 1.08. The number of hydrogen-bond acceptors (Lipinski definition) is 0. The van der Waals surface area contributed by atoms with Crippen molar-refractivity contribution in [2.45, 2.75) is 17.8 Å². The fourth-order valence-corrected chi connectivity index (χ4v) is 3.01. The second-order valence-corrected chi connectivity index (χ2v) is 6.78. The number of benzene rings is 1. The lowest BCUT2D eigenvalue weighted by Gasteiger charge is -1.85. The first-order valence-electron chi connectivity index (χ1n) is 3.47. The smallest absolute Gasteiger partial charge is 0.0619 e. The highest BCUT2D eigenvalue weighted by atomic mass is 127. The van der Waals surface area contributed by atoms with E-state index in [9.17, 15) is 0 Å². The van der Waals surface area contributed by atoms with Crippen molar-refractivity contribution >= 4 is 0 Å². The molecule has 0 amide bonds. The van der Waals surface area contributed by atoms with Crippen LogP contribution < -0.4 is 21.2 Å². The Bertz CT molecular complexity index is 179. The zero-order valence-corrected chi connectivity index (χ0v) is 8.50. The molecule has 0 atom stereocenters. The summed E-state index contributed by atoms with van der Waals surface area (Å²) in [5.74, 6) is 0. The van der Waals surface area contributed by atoms with Gasteiger partial charge in [0.2, 0.25) is 0 Å². The maximum atomic E-state index is 2.29. The summed E-state index contributed by atoms with van der Waals surface area (Å²) in [6.45, 7) is 4.58. The van der Waals surface area contributed by atoms with Crippen LogP contribution in [0.3, 0.4) is 0 Å². The zero-order chi connectivity index (χ0) is 7.40. The van der Waals surface area contributed by atoms with Gasteiger partial charge in [-0.1, -0.05) is 18.2 Å². The molecular formula is C9H12I+. The Labute approximate surface area is 72.9 Å². The standard InChI is InChI=1S/C9H12I/c1-8(2)10-9-6-4-3-5-7-9/h3-8H,1-2H3/q+1. The first-order valence-corrected chi connectivity index (χ1v) is 5.80.